The van der Waals surface area contributed by atoms with Crippen LogP contribution < -0.4 is 18.9 Å². The monoisotopic (exact) mass is 449 g/mol. The lowest BCUT2D eigenvalue weighted by Crippen LogP contribution is -2.38. The summed E-state index contributed by atoms with van der Waals surface area (Å²) in [7, 11) is 6.52. The summed E-state index contributed by atoms with van der Waals surface area (Å²) in [6, 6.07) is 15.7. The maximum absolute atomic E-state index is 13.4. The maximum Gasteiger partial charge on any atom is 0.203 e. The number of ketones is 1. The molecule has 0 unspecified atom stereocenters. The van der Waals surface area contributed by atoms with E-state index in [4.69, 9.17) is 18.9 Å². The topological polar surface area (TPSA) is 57.2 Å². The van der Waals surface area contributed by atoms with Crippen molar-refractivity contribution >= 4 is 16.6 Å². The molecule has 0 aromatic heterocycles. The minimum Gasteiger partial charge on any atom is -0.497 e. The third kappa shape index (κ3) is 4.76. The number of Topliss-reactive ketones (excluding diaryl/α,β-unsaturated/α-hetero) is 1. The van der Waals surface area contributed by atoms with E-state index in [1.54, 1.807) is 28.4 Å². The Hall–Kier alpha value is -3.25. The molecule has 1 aliphatic heterocycles. The van der Waals surface area contributed by atoms with Crippen LogP contribution in [0.4, 0.5) is 0 Å². The number of piperidine rings is 1. The number of rotatable bonds is 8. The fraction of sp³-hybridized carbons (Fsp3) is 0.370. The number of likely N-dealkylation sites (tertiary alicyclic amines) is 1. The lowest BCUT2D eigenvalue weighted by Gasteiger charge is -2.32. The molecule has 6 heteroatoms. The van der Waals surface area contributed by atoms with Crippen LogP contribution in [0.2, 0.25) is 0 Å². The summed E-state index contributed by atoms with van der Waals surface area (Å²) in [6.45, 7) is 2.35. The molecule has 0 aliphatic carbocycles. The van der Waals surface area contributed by atoms with Crippen molar-refractivity contribution in [1.82, 2.24) is 4.90 Å². The van der Waals surface area contributed by atoms with Crippen LogP contribution in [0.3, 0.4) is 0 Å². The van der Waals surface area contributed by atoms with Gasteiger partial charge in [-0.15, -0.1) is 0 Å². The van der Waals surface area contributed by atoms with Crippen LogP contribution >= 0.6 is 0 Å². The SMILES string of the molecule is COc1ccc2cc(C(=O)[C@@H]3CCCN(Cc4ccc(OC)c(OC)c4OC)C3)ccc2c1. The van der Waals surface area contributed by atoms with E-state index in [1.807, 2.05) is 48.5 Å². The van der Waals surface area contributed by atoms with Crippen LogP contribution in [-0.2, 0) is 6.54 Å². The number of carbonyl (C=O) groups excluding carboxylic acids is 1. The zero-order valence-electron chi connectivity index (χ0n) is 19.7. The second-order valence-electron chi connectivity index (χ2n) is 8.36. The van der Waals surface area contributed by atoms with Crippen molar-refractivity contribution in [2.24, 2.45) is 5.92 Å². The Bertz CT molecular complexity index is 1140. The Kier molecular flexibility index (Phi) is 7.04. The van der Waals surface area contributed by atoms with Gasteiger partial charge in [0.25, 0.3) is 0 Å². The molecule has 1 heterocycles. The highest BCUT2D eigenvalue weighted by molar-refractivity contribution is 6.01. The first kappa shape index (κ1) is 22.9. The Labute approximate surface area is 195 Å². The van der Waals surface area contributed by atoms with E-state index in [1.165, 1.54) is 0 Å². The number of methoxy groups -OCH3 is 4. The van der Waals surface area contributed by atoms with E-state index < -0.39 is 0 Å². The fourth-order valence-electron chi connectivity index (χ4n) is 4.68. The molecule has 0 saturated carbocycles. The summed E-state index contributed by atoms with van der Waals surface area (Å²) in [6.07, 6.45) is 1.88. The molecule has 0 radical (unpaired) electrons. The molecule has 1 aliphatic rings. The second kappa shape index (κ2) is 10.1. The summed E-state index contributed by atoms with van der Waals surface area (Å²) in [5.41, 5.74) is 1.78. The minimum absolute atomic E-state index is 0.0272. The van der Waals surface area contributed by atoms with Gasteiger partial charge in [-0.2, -0.15) is 0 Å². The molecule has 33 heavy (non-hydrogen) atoms. The van der Waals surface area contributed by atoms with Crippen molar-refractivity contribution in [1.29, 1.82) is 0 Å². The summed E-state index contributed by atoms with van der Waals surface area (Å²) in [4.78, 5) is 15.7. The first-order valence-corrected chi connectivity index (χ1v) is 11.2. The smallest absolute Gasteiger partial charge is 0.203 e. The van der Waals surface area contributed by atoms with E-state index in [0.29, 0.717) is 23.8 Å². The molecular weight excluding hydrogens is 418 g/mol. The van der Waals surface area contributed by atoms with Crippen molar-refractivity contribution in [2.45, 2.75) is 19.4 Å². The normalized spacial score (nSPS) is 16.4. The Morgan fingerprint density at radius 3 is 2.36 bits per heavy atom. The molecule has 0 bridgehead atoms. The summed E-state index contributed by atoms with van der Waals surface area (Å²) >= 11 is 0. The van der Waals surface area contributed by atoms with Crippen molar-refractivity contribution < 1.29 is 23.7 Å². The van der Waals surface area contributed by atoms with Gasteiger partial charge in [-0.1, -0.05) is 24.3 Å². The Balaban J connectivity index is 1.51. The van der Waals surface area contributed by atoms with Gasteiger partial charge >= 0.3 is 0 Å². The number of fused-ring (bicyclic) bond motifs is 1. The van der Waals surface area contributed by atoms with Gasteiger partial charge in [0.05, 0.1) is 28.4 Å². The minimum atomic E-state index is -0.0272. The van der Waals surface area contributed by atoms with Crippen molar-refractivity contribution in [3.63, 3.8) is 0 Å². The standard InChI is InChI=1S/C27H31NO5/c1-30-23-11-9-18-14-20(8-7-19(18)15-23)25(29)21-6-5-13-28(16-21)17-22-10-12-24(31-2)27(33-4)26(22)32-3/h7-12,14-15,21H,5-6,13,16-17H2,1-4H3/t21-/m1/s1. The molecular formula is C27H31NO5. The summed E-state index contributed by atoms with van der Waals surface area (Å²) in [5, 5.41) is 2.11. The quantitative estimate of drug-likeness (QED) is 0.453. The first-order valence-electron chi connectivity index (χ1n) is 11.2. The van der Waals surface area contributed by atoms with E-state index in [-0.39, 0.29) is 11.7 Å². The van der Waals surface area contributed by atoms with Crippen LogP contribution in [0.15, 0.2) is 48.5 Å². The van der Waals surface area contributed by atoms with Gasteiger partial charge in [0.2, 0.25) is 5.75 Å². The van der Waals surface area contributed by atoms with Crippen molar-refractivity contribution in [3.8, 4) is 23.0 Å². The number of ether oxygens (including phenoxy) is 4. The van der Waals surface area contributed by atoms with Gasteiger partial charge < -0.3 is 18.9 Å². The van der Waals surface area contributed by atoms with E-state index in [0.717, 1.165) is 53.6 Å². The number of benzene rings is 3. The third-order valence-corrected chi connectivity index (χ3v) is 6.39. The third-order valence-electron chi connectivity index (χ3n) is 6.39. The van der Waals surface area contributed by atoms with Gasteiger partial charge in [0.15, 0.2) is 17.3 Å². The van der Waals surface area contributed by atoms with Crippen LogP contribution in [0.1, 0.15) is 28.8 Å². The first-order chi connectivity index (χ1) is 16.1. The van der Waals surface area contributed by atoms with Crippen LogP contribution in [0, 0.1) is 5.92 Å². The molecule has 174 valence electrons. The maximum atomic E-state index is 13.4. The largest absolute Gasteiger partial charge is 0.497 e. The van der Waals surface area contributed by atoms with Crippen LogP contribution in [-0.4, -0.2) is 52.2 Å². The number of hydrogen-bond donors (Lipinski definition) is 0. The Morgan fingerprint density at radius 2 is 1.64 bits per heavy atom. The predicted octanol–water partition coefficient (Wildman–Crippen LogP) is 4.97. The number of nitrogens with zero attached hydrogens (tertiary/aromatic N) is 1. The summed E-state index contributed by atoms with van der Waals surface area (Å²) in [5.74, 6) is 2.90. The van der Waals surface area contributed by atoms with E-state index >= 15 is 0 Å². The molecule has 1 saturated heterocycles. The fourth-order valence-corrected chi connectivity index (χ4v) is 4.68. The van der Waals surface area contributed by atoms with Gasteiger partial charge in [0.1, 0.15) is 5.75 Å². The second-order valence-corrected chi connectivity index (χ2v) is 8.36. The van der Waals surface area contributed by atoms with Gasteiger partial charge in [-0.3, -0.25) is 9.69 Å². The lowest BCUT2D eigenvalue weighted by molar-refractivity contribution is 0.0810. The van der Waals surface area contributed by atoms with Crippen LogP contribution in [0.25, 0.3) is 10.8 Å². The van der Waals surface area contributed by atoms with Crippen molar-refractivity contribution in [3.05, 3.63) is 59.7 Å². The molecule has 0 N–H and O–H groups in total. The molecule has 3 aromatic carbocycles. The molecule has 3 aromatic rings. The number of hydrogen-bond acceptors (Lipinski definition) is 6. The van der Waals surface area contributed by atoms with Gasteiger partial charge in [-0.25, -0.2) is 0 Å². The van der Waals surface area contributed by atoms with Gasteiger partial charge in [0, 0.05) is 30.1 Å². The number of carbonyl (C=O) groups is 1. The molecule has 1 atom stereocenters. The zero-order valence-corrected chi connectivity index (χ0v) is 19.7. The Morgan fingerprint density at radius 1 is 0.879 bits per heavy atom. The zero-order chi connectivity index (χ0) is 23.4. The van der Waals surface area contributed by atoms with Crippen LogP contribution in [0.5, 0.6) is 23.0 Å². The van der Waals surface area contributed by atoms with E-state index in [2.05, 4.69) is 4.90 Å². The van der Waals surface area contributed by atoms with E-state index in [9.17, 15) is 4.79 Å². The highest BCUT2D eigenvalue weighted by atomic mass is 16.5. The molecule has 6 nitrogen and oxygen atoms in total. The average molecular weight is 450 g/mol. The molecule has 0 spiro atoms. The molecule has 4 rings (SSSR count). The highest BCUT2D eigenvalue weighted by Gasteiger charge is 2.28. The average Bonchev–Trinajstić information content (AvgIpc) is 2.87. The van der Waals surface area contributed by atoms with Gasteiger partial charge in [-0.05, 0) is 54.4 Å². The predicted molar refractivity (Wildman–Crippen MR) is 129 cm³/mol. The molecule has 1 fully saturated rings. The lowest BCUT2D eigenvalue weighted by atomic mass is 9.89. The highest BCUT2D eigenvalue weighted by Crippen LogP contribution is 2.40. The molecule has 0 amide bonds. The summed E-state index contributed by atoms with van der Waals surface area (Å²) < 4.78 is 21.9. The van der Waals surface area contributed by atoms with Crippen molar-refractivity contribution in [2.75, 3.05) is 41.5 Å².